The molecule has 1 N–H and O–H groups in total. The molecule has 0 unspecified atom stereocenters. The molecule has 4 nitrogen and oxygen atoms in total. The molecule has 0 amide bonds. The molecule has 32 heavy (non-hydrogen) atoms. The van der Waals surface area contributed by atoms with Gasteiger partial charge in [0.25, 0.3) is 0 Å². The van der Waals surface area contributed by atoms with Crippen molar-refractivity contribution in [2.24, 2.45) is 0 Å². The van der Waals surface area contributed by atoms with Crippen LogP contribution in [0.5, 0.6) is 0 Å². The number of hydrogen-bond donors (Lipinski definition) is 1. The van der Waals surface area contributed by atoms with Crippen molar-refractivity contribution in [1.82, 2.24) is 19.9 Å². The van der Waals surface area contributed by atoms with Gasteiger partial charge in [0.1, 0.15) is 17.2 Å². The molecule has 3 aromatic carbocycles. The number of nitrogens with zero attached hydrogens (tertiary/aromatic N) is 3. The van der Waals surface area contributed by atoms with E-state index in [2.05, 4.69) is 46.3 Å². The maximum absolute atomic E-state index is 14.9. The minimum atomic E-state index is -0.259. The van der Waals surface area contributed by atoms with Crippen LogP contribution in [0.1, 0.15) is 18.9 Å². The molecule has 0 radical (unpaired) electrons. The number of imidazole rings is 1. The Bertz CT molecular complexity index is 1430. The summed E-state index contributed by atoms with van der Waals surface area (Å²) >= 11 is 0. The van der Waals surface area contributed by atoms with Crippen LogP contribution in [-0.2, 0) is 0 Å². The average Bonchev–Trinajstić information content (AvgIpc) is 3.24. The van der Waals surface area contributed by atoms with Gasteiger partial charge in [0.15, 0.2) is 5.65 Å². The van der Waals surface area contributed by atoms with Crippen LogP contribution in [-0.4, -0.2) is 27.6 Å². The fraction of sp³-hybridized carbons (Fsp3) is 0.185. The van der Waals surface area contributed by atoms with Gasteiger partial charge in [-0.3, -0.25) is 0 Å². The number of aromatic nitrogens is 3. The number of nitrogens with one attached hydrogen (secondary N) is 1. The maximum Gasteiger partial charge on any atom is 0.161 e. The number of halogens is 1. The molecule has 5 aromatic rings. The summed E-state index contributed by atoms with van der Waals surface area (Å²) in [7, 11) is 0. The summed E-state index contributed by atoms with van der Waals surface area (Å²) in [5, 5.41) is 5.81. The Morgan fingerprint density at radius 1 is 0.844 bits per heavy atom. The molecule has 1 saturated heterocycles. The van der Waals surface area contributed by atoms with Crippen molar-refractivity contribution in [3.8, 4) is 22.5 Å². The summed E-state index contributed by atoms with van der Waals surface area (Å²) in [4.78, 5) is 9.75. The van der Waals surface area contributed by atoms with Crippen LogP contribution in [0, 0.1) is 5.82 Å². The predicted octanol–water partition coefficient (Wildman–Crippen LogP) is 5.98. The van der Waals surface area contributed by atoms with Crippen molar-refractivity contribution in [2.75, 3.05) is 13.1 Å². The van der Waals surface area contributed by atoms with Crippen molar-refractivity contribution in [3.63, 3.8) is 0 Å². The van der Waals surface area contributed by atoms with Gasteiger partial charge >= 0.3 is 0 Å². The molecule has 1 aliphatic rings. The second-order valence-electron chi connectivity index (χ2n) is 8.36. The Labute approximate surface area is 185 Å². The minimum absolute atomic E-state index is 0.232. The third-order valence-corrected chi connectivity index (χ3v) is 6.43. The van der Waals surface area contributed by atoms with Crippen LogP contribution in [0.2, 0.25) is 0 Å². The summed E-state index contributed by atoms with van der Waals surface area (Å²) in [6.45, 7) is 1.87. The van der Waals surface area contributed by atoms with E-state index in [1.54, 1.807) is 6.07 Å². The molecule has 0 aliphatic carbocycles. The van der Waals surface area contributed by atoms with Crippen molar-refractivity contribution < 1.29 is 4.39 Å². The summed E-state index contributed by atoms with van der Waals surface area (Å²) < 4.78 is 17.0. The van der Waals surface area contributed by atoms with Gasteiger partial charge in [0.2, 0.25) is 0 Å². The van der Waals surface area contributed by atoms with E-state index in [1.807, 2.05) is 30.5 Å². The lowest BCUT2D eigenvalue weighted by atomic mass is 10.0. The highest BCUT2D eigenvalue weighted by molar-refractivity contribution is 5.95. The molecule has 3 heterocycles. The highest BCUT2D eigenvalue weighted by Crippen LogP contribution is 2.36. The van der Waals surface area contributed by atoms with Crippen LogP contribution in [0.4, 0.5) is 4.39 Å². The molecule has 0 atom stereocenters. The van der Waals surface area contributed by atoms with E-state index in [0.717, 1.165) is 48.2 Å². The minimum Gasteiger partial charge on any atom is -0.317 e. The monoisotopic (exact) mass is 422 g/mol. The molecular weight excluding hydrogens is 399 g/mol. The SMILES string of the molecule is Fc1ccccc1-c1nc2c(-c3ccc4ccccc4c3)ccnc2n1C1CCNCC1. The van der Waals surface area contributed by atoms with Gasteiger partial charge in [0, 0.05) is 17.8 Å². The van der Waals surface area contributed by atoms with Crippen molar-refractivity contribution in [2.45, 2.75) is 18.9 Å². The number of benzene rings is 3. The van der Waals surface area contributed by atoms with Gasteiger partial charge in [-0.2, -0.15) is 0 Å². The van der Waals surface area contributed by atoms with Crippen molar-refractivity contribution in [1.29, 1.82) is 0 Å². The lowest BCUT2D eigenvalue weighted by Gasteiger charge is -2.26. The van der Waals surface area contributed by atoms with Gasteiger partial charge in [-0.1, -0.05) is 48.5 Å². The average molecular weight is 423 g/mol. The smallest absolute Gasteiger partial charge is 0.161 e. The fourth-order valence-corrected chi connectivity index (χ4v) is 4.82. The quantitative estimate of drug-likeness (QED) is 0.389. The summed E-state index contributed by atoms with van der Waals surface area (Å²) in [6.07, 6.45) is 3.78. The van der Waals surface area contributed by atoms with E-state index in [4.69, 9.17) is 9.97 Å². The Hall–Kier alpha value is -3.57. The van der Waals surface area contributed by atoms with Crippen LogP contribution in [0.3, 0.4) is 0 Å². The maximum atomic E-state index is 14.9. The highest BCUT2D eigenvalue weighted by Gasteiger charge is 2.25. The third kappa shape index (κ3) is 3.17. The van der Waals surface area contributed by atoms with E-state index in [-0.39, 0.29) is 11.9 Å². The van der Waals surface area contributed by atoms with Gasteiger partial charge in [0.05, 0.1) is 5.56 Å². The first-order chi connectivity index (χ1) is 15.8. The Morgan fingerprint density at radius 2 is 1.62 bits per heavy atom. The fourth-order valence-electron chi connectivity index (χ4n) is 4.82. The molecule has 0 bridgehead atoms. The Kier molecular flexibility index (Phi) is 4.69. The standard InChI is InChI=1S/C27H23FN4/c28-24-8-4-3-7-23(24)26-31-25-22(20-10-9-18-5-1-2-6-19(18)17-20)13-16-30-27(25)32(26)21-11-14-29-15-12-21/h1-10,13,16-17,21,29H,11-12,14-15H2. The number of fused-ring (bicyclic) bond motifs is 2. The topological polar surface area (TPSA) is 42.7 Å². The highest BCUT2D eigenvalue weighted by atomic mass is 19.1. The summed E-state index contributed by atoms with van der Waals surface area (Å²) in [6, 6.07) is 23.9. The van der Waals surface area contributed by atoms with E-state index in [9.17, 15) is 4.39 Å². The second-order valence-corrected chi connectivity index (χ2v) is 8.36. The zero-order valence-electron chi connectivity index (χ0n) is 17.6. The van der Waals surface area contributed by atoms with E-state index >= 15 is 0 Å². The predicted molar refractivity (Wildman–Crippen MR) is 127 cm³/mol. The number of piperidine rings is 1. The molecule has 0 spiro atoms. The van der Waals surface area contributed by atoms with E-state index < -0.39 is 0 Å². The number of rotatable bonds is 3. The van der Waals surface area contributed by atoms with Crippen LogP contribution in [0.15, 0.2) is 79.0 Å². The zero-order valence-corrected chi connectivity index (χ0v) is 17.6. The first kappa shape index (κ1) is 19.1. The summed E-state index contributed by atoms with van der Waals surface area (Å²) in [5.41, 5.74) is 4.27. The van der Waals surface area contributed by atoms with E-state index in [1.165, 1.54) is 16.8 Å². The Balaban J connectivity index is 1.61. The van der Waals surface area contributed by atoms with Crippen LogP contribution < -0.4 is 5.32 Å². The molecule has 1 fully saturated rings. The molecule has 1 aliphatic heterocycles. The molecule has 158 valence electrons. The number of pyridine rings is 1. The molecule has 0 saturated carbocycles. The largest absolute Gasteiger partial charge is 0.317 e. The first-order valence-corrected chi connectivity index (χ1v) is 11.1. The van der Waals surface area contributed by atoms with E-state index in [0.29, 0.717) is 11.4 Å². The molecular formula is C27H23FN4. The van der Waals surface area contributed by atoms with Crippen molar-refractivity contribution in [3.05, 3.63) is 84.8 Å². The van der Waals surface area contributed by atoms with Gasteiger partial charge < -0.3 is 9.88 Å². The lowest BCUT2D eigenvalue weighted by molar-refractivity contribution is 0.376. The summed E-state index contributed by atoms with van der Waals surface area (Å²) in [5.74, 6) is 0.399. The third-order valence-electron chi connectivity index (χ3n) is 6.43. The van der Waals surface area contributed by atoms with Crippen LogP contribution >= 0.6 is 0 Å². The van der Waals surface area contributed by atoms with Gasteiger partial charge in [-0.25, -0.2) is 14.4 Å². The lowest BCUT2D eigenvalue weighted by Crippen LogP contribution is -2.29. The van der Waals surface area contributed by atoms with Gasteiger partial charge in [-0.05, 0) is 66.5 Å². The molecule has 2 aromatic heterocycles. The zero-order chi connectivity index (χ0) is 21.5. The molecule has 6 rings (SSSR count). The normalized spacial score (nSPS) is 14.9. The molecule has 5 heteroatoms. The van der Waals surface area contributed by atoms with Crippen molar-refractivity contribution >= 4 is 21.9 Å². The van der Waals surface area contributed by atoms with Crippen LogP contribution in [0.25, 0.3) is 44.5 Å². The Morgan fingerprint density at radius 3 is 2.47 bits per heavy atom. The second kappa shape index (κ2) is 7.84. The number of hydrogen-bond acceptors (Lipinski definition) is 3. The first-order valence-electron chi connectivity index (χ1n) is 11.1. The van der Waals surface area contributed by atoms with Gasteiger partial charge in [-0.15, -0.1) is 0 Å².